The van der Waals surface area contributed by atoms with E-state index in [1.807, 2.05) is 12.1 Å². The average Bonchev–Trinajstić information content (AvgIpc) is 3.41. The summed E-state index contributed by atoms with van der Waals surface area (Å²) < 4.78 is 4.89. The number of benzene rings is 1. The predicted octanol–water partition coefficient (Wildman–Crippen LogP) is 2.68. The first-order chi connectivity index (χ1) is 17.0. The number of aromatic nitrogens is 2. The van der Waals surface area contributed by atoms with E-state index >= 15 is 0 Å². The summed E-state index contributed by atoms with van der Waals surface area (Å²) in [5.74, 6) is 7.23. The van der Waals surface area contributed by atoms with Gasteiger partial charge in [-0.2, -0.15) is 10.2 Å². The van der Waals surface area contributed by atoms with E-state index < -0.39 is 12.2 Å². The largest absolute Gasteiger partial charge is 0.436 e. The summed E-state index contributed by atoms with van der Waals surface area (Å²) in [6.07, 6.45) is 3.66. The predicted molar refractivity (Wildman–Crippen MR) is 132 cm³/mol. The summed E-state index contributed by atoms with van der Waals surface area (Å²) in [4.78, 5) is 34.5. The number of hydrogen-bond acceptors (Lipinski definition) is 8. The Morgan fingerprint density at radius 3 is 2.66 bits per heavy atom. The summed E-state index contributed by atoms with van der Waals surface area (Å²) in [6.45, 7) is 3.79. The Morgan fingerprint density at radius 2 is 1.97 bits per heavy atom. The van der Waals surface area contributed by atoms with Gasteiger partial charge in [0, 0.05) is 38.8 Å². The maximum absolute atomic E-state index is 11.9. The molecule has 3 rings (SSSR count). The molecule has 10 nitrogen and oxygen atoms in total. The molecule has 1 saturated heterocycles. The van der Waals surface area contributed by atoms with Crippen molar-refractivity contribution in [2.45, 2.75) is 38.7 Å². The molecule has 3 N–H and O–H groups in total. The number of hydrogen-bond donors (Lipinski definition) is 3. The molecule has 0 bridgehead atoms. The molecule has 182 valence electrons. The molecule has 1 aromatic heterocycles. The van der Waals surface area contributed by atoms with Crippen LogP contribution in [0.15, 0.2) is 30.5 Å². The summed E-state index contributed by atoms with van der Waals surface area (Å²) in [7, 11) is 1.44. The Kier molecular flexibility index (Phi) is 9.26. The number of amides is 2. The topological polar surface area (TPSA) is 132 Å². The van der Waals surface area contributed by atoms with Crippen LogP contribution in [0.5, 0.6) is 0 Å². The van der Waals surface area contributed by atoms with Crippen LogP contribution in [0.2, 0.25) is 0 Å². The zero-order chi connectivity index (χ0) is 25.0. The van der Waals surface area contributed by atoms with Gasteiger partial charge in [0.1, 0.15) is 5.82 Å². The molecule has 0 spiro atoms. The van der Waals surface area contributed by atoms with E-state index in [0.717, 1.165) is 43.0 Å². The summed E-state index contributed by atoms with van der Waals surface area (Å²) >= 11 is 0. The second-order valence-electron chi connectivity index (χ2n) is 7.93. The number of nitriles is 1. The lowest BCUT2D eigenvalue weighted by atomic mass is 10.2. The Labute approximate surface area is 205 Å². The smallest absolute Gasteiger partial charge is 0.407 e. The molecule has 10 heteroatoms. The molecule has 0 aliphatic carbocycles. The third kappa shape index (κ3) is 7.61. The Hall–Kier alpha value is -4.31. The number of nitrogens with zero attached hydrogens (tertiary/aromatic N) is 4. The van der Waals surface area contributed by atoms with Crippen molar-refractivity contribution in [3.63, 3.8) is 0 Å². The zero-order valence-corrected chi connectivity index (χ0v) is 19.9. The van der Waals surface area contributed by atoms with Gasteiger partial charge < -0.3 is 25.6 Å². The first-order valence-electron chi connectivity index (χ1n) is 11.5. The summed E-state index contributed by atoms with van der Waals surface area (Å²) in [5.41, 5.74) is 2.15. The van der Waals surface area contributed by atoms with Crippen molar-refractivity contribution in [3.05, 3.63) is 41.6 Å². The van der Waals surface area contributed by atoms with Crippen molar-refractivity contribution in [2.24, 2.45) is 0 Å². The molecule has 2 amide bonds. The van der Waals surface area contributed by atoms with Gasteiger partial charge in [-0.15, -0.1) is 0 Å². The van der Waals surface area contributed by atoms with Crippen molar-refractivity contribution in [2.75, 3.05) is 36.9 Å². The second kappa shape index (κ2) is 12.8. The van der Waals surface area contributed by atoms with Crippen molar-refractivity contribution in [1.82, 2.24) is 20.6 Å². The van der Waals surface area contributed by atoms with Crippen LogP contribution in [0.4, 0.5) is 22.2 Å². The molecule has 1 aromatic carbocycles. The molecule has 0 radical (unpaired) electrons. The van der Waals surface area contributed by atoms with Gasteiger partial charge in [-0.3, -0.25) is 4.79 Å². The number of anilines is 3. The first-order valence-corrected chi connectivity index (χ1v) is 11.5. The lowest BCUT2D eigenvalue weighted by molar-refractivity contribution is -0.128. The fraction of sp³-hybridized carbons (Fsp3) is 0.400. The summed E-state index contributed by atoms with van der Waals surface area (Å²) in [6, 6.07) is 9.21. The quantitative estimate of drug-likeness (QED) is 0.392. The standard InChI is InChI=1S/C25H29N7O3/c1-18(35-25(34)27-2)23(33)28-13-5-3-4-8-20-17-29-24(31-22(20)32-14-6-7-15-32)30-21-11-9-19(16-26)10-12-21/h9-12,17-18H,3,5-7,13-15H2,1-2H3,(H,27,34)(H,28,33)(H,29,30,31). The Bertz CT molecular complexity index is 1130. The number of rotatable bonds is 8. The number of unbranched alkanes of at least 4 members (excludes halogenated alkanes) is 1. The van der Waals surface area contributed by atoms with Gasteiger partial charge >= 0.3 is 6.09 Å². The van der Waals surface area contributed by atoms with Crippen molar-refractivity contribution in [1.29, 1.82) is 5.26 Å². The molecule has 1 atom stereocenters. The van der Waals surface area contributed by atoms with Crippen LogP contribution < -0.4 is 20.9 Å². The lowest BCUT2D eigenvalue weighted by Gasteiger charge is -2.18. The van der Waals surface area contributed by atoms with E-state index in [0.29, 0.717) is 30.9 Å². The van der Waals surface area contributed by atoms with Gasteiger partial charge in [-0.05, 0) is 50.5 Å². The number of alkyl carbamates (subject to hydrolysis) is 1. The zero-order valence-electron chi connectivity index (χ0n) is 19.9. The average molecular weight is 476 g/mol. The van der Waals surface area contributed by atoms with E-state index in [1.54, 1.807) is 18.3 Å². The molecular formula is C25H29N7O3. The molecule has 2 aromatic rings. The van der Waals surface area contributed by atoms with Crippen LogP contribution in [0.3, 0.4) is 0 Å². The highest BCUT2D eigenvalue weighted by molar-refractivity contribution is 5.82. The van der Waals surface area contributed by atoms with E-state index in [2.05, 4.69) is 43.7 Å². The third-order valence-electron chi connectivity index (χ3n) is 5.30. The normalized spacial score (nSPS) is 13.1. The van der Waals surface area contributed by atoms with Crippen LogP contribution >= 0.6 is 0 Å². The molecule has 0 saturated carbocycles. The number of carbonyl (C=O) groups excluding carboxylic acids is 2. The fourth-order valence-electron chi connectivity index (χ4n) is 3.41. The highest BCUT2D eigenvalue weighted by atomic mass is 16.6. The van der Waals surface area contributed by atoms with Crippen molar-refractivity contribution in [3.8, 4) is 17.9 Å². The highest BCUT2D eigenvalue weighted by Gasteiger charge is 2.18. The number of carbonyl (C=O) groups is 2. The Balaban J connectivity index is 1.58. The molecule has 2 heterocycles. The van der Waals surface area contributed by atoms with Crippen LogP contribution in [0, 0.1) is 23.2 Å². The Morgan fingerprint density at radius 1 is 1.23 bits per heavy atom. The van der Waals surface area contributed by atoms with E-state index in [9.17, 15) is 9.59 Å². The minimum atomic E-state index is -0.863. The van der Waals surface area contributed by atoms with Gasteiger partial charge in [0.25, 0.3) is 5.91 Å². The van der Waals surface area contributed by atoms with Gasteiger partial charge in [0.15, 0.2) is 6.10 Å². The van der Waals surface area contributed by atoms with Crippen molar-refractivity contribution < 1.29 is 14.3 Å². The molecule has 35 heavy (non-hydrogen) atoms. The second-order valence-corrected chi connectivity index (χ2v) is 7.93. The molecule has 1 fully saturated rings. The van der Waals surface area contributed by atoms with E-state index in [1.165, 1.54) is 14.0 Å². The molecule has 1 aliphatic heterocycles. The van der Waals surface area contributed by atoms with Crippen LogP contribution in [-0.2, 0) is 9.53 Å². The minimum Gasteiger partial charge on any atom is -0.436 e. The monoisotopic (exact) mass is 475 g/mol. The van der Waals surface area contributed by atoms with Crippen molar-refractivity contribution >= 4 is 29.5 Å². The SMILES string of the molecule is CNC(=O)OC(C)C(=O)NCCCC#Cc1cnc(Nc2ccc(C#N)cc2)nc1N1CCCC1. The third-order valence-corrected chi connectivity index (χ3v) is 5.30. The van der Waals surface area contributed by atoms with E-state index in [4.69, 9.17) is 15.0 Å². The van der Waals surface area contributed by atoms with Gasteiger partial charge in [-0.1, -0.05) is 11.8 Å². The minimum absolute atomic E-state index is 0.350. The van der Waals surface area contributed by atoms with Crippen LogP contribution in [-0.4, -0.2) is 54.8 Å². The first kappa shape index (κ1) is 25.3. The lowest BCUT2D eigenvalue weighted by Crippen LogP contribution is -2.38. The van der Waals surface area contributed by atoms with Gasteiger partial charge in [0.05, 0.1) is 23.4 Å². The van der Waals surface area contributed by atoms with Gasteiger partial charge in [0.2, 0.25) is 5.95 Å². The molecular weight excluding hydrogens is 446 g/mol. The maximum atomic E-state index is 11.9. The highest BCUT2D eigenvalue weighted by Crippen LogP contribution is 2.24. The van der Waals surface area contributed by atoms with Crippen LogP contribution in [0.25, 0.3) is 0 Å². The van der Waals surface area contributed by atoms with E-state index in [-0.39, 0.29) is 5.91 Å². The van der Waals surface area contributed by atoms with Gasteiger partial charge in [-0.25, -0.2) is 9.78 Å². The molecule has 1 aliphatic rings. The number of nitrogens with one attached hydrogen (secondary N) is 3. The summed E-state index contributed by atoms with van der Waals surface area (Å²) in [5, 5.41) is 17.2. The molecule has 1 unspecified atom stereocenters. The fourth-order valence-corrected chi connectivity index (χ4v) is 3.41. The maximum Gasteiger partial charge on any atom is 0.407 e. The number of ether oxygens (including phenoxy) is 1. The van der Waals surface area contributed by atoms with Crippen LogP contribution in [0.1, 0.15) is 43.7 Å².